The van der Waals surface area contributed by atoms with Crippen LogP contribution < -0.4 is 0 Å². The lowest BCUT2D eigenvalue weighted by Crippen LogP contribution is -2.47. The van der Waals surface area contributed by atoms with E-state index >= 15 is 0 Å². The summed E-state index contributed by atoms with van der Waals surface area (Å²) >= 11 is 0. The Morgan fingerprint density at radius 1 is 1.35 bits per heavy atom. The van der Waals surface area contributed by atoms with Crippen molar-refractivity contribution in [1.82, 2.24) is 4.90 Å². The first kappa shape index (κ1) is 17.1. The molecule has 3 unspecified atom stereocenters. The molecule has 3 atom stereocenters. The second-order valence-electron chi connectivity index (χ2n) is 6.79. The van der Waals surface area contributed by atoms with E-state index in [9.17, 15) is 19.5 Å². The maximum Gasteiger partial charge on any atom is 0.411 e. The zero-order valence-electron chi connectivity index (χ0n) is 13.8. The summed E-state index contributed by atoms with van der Waals surface area (Å²) in [4.78, 5) is 37.2. The van der Waals surface area contributed by atoms with Crippen molar-refractivity contribution < 1.29 is 29.0 Å². The van der Waals surface area contributed by atoms with Crippen molar-refractivity contribution in [2.45, 2.75) is 44.9 Å². The number of rotatable bonds is 2. The number of aliphatic carboxylic acids is 1. The molecule has 0 aromatic carbocycles. The molecule has 2 aliphatic heterocycles. The highest BCUT2D eigenvalue weighted by atomic mass is 16.6. The van der Waals surface area contributed by atoms with Crippen LogP contribution in [-0.2, 0) is 19.1 Å². The molecule has 23 heavy (non-hydrogen) atoms. The fraction of sp³-hybridized carbons (Fsp3) is 0.562. The molecular weight excluding hydrogens is 302 g/mol. The zero-order chi connectivity index (χ0) is 17.6. The summed E-state index contributed by atoms with van der Waals surface area (Å²) in [5.41, 5.74) is -1.42. The normalized spacial score (nSPS) is 30.7. The van der Waals surface area contributed by atoms with Gasteiger partial charge in [-0.1, -0.05) is 12.2 Å². The molecule has 2 rings (SSSR count). The van der Waals surface area contributed by atoms with Crippen molar-refractivity contribution in [3.63, 3.8) is 0 Å². The van der Waals surface area contributed by atoms with Crippen molar-refractivity contribution in [3.05, 3.63) is 23.8 Å². The van der Waals surface area contributed by atoms with Crippen molar-refractivity contribution in [2.75, 3.05) is 7.11 Å². The van der Waals surface area contributed by atoms with Crippen LogP contribution in [0.3, 0.4) is 0 Å². The van der Waals surface area contributed by atoms with Crippen molar-refractivity contribution in [1.29, 1.82) is 0 Å². The average molecular weight is 323 g/mol. The van der Waals surface area contributed by atoms with Gasteiger partial charge in [-0.25, -0.2) is 9.59 Å². The van der Waals surface area contributed by atoms with Gasteiger partial charge in [-0.15, -0.1) is 0 Å². The van der Waals surface area contributed by atoms with E-state index < -0.39 is 41.1 Å². The number of esters is 1. The Morgan fingerprint density at radius 2 is 1.96 bits per heavy atom. The van der Waals surface area contributed by atoms with E-state index in [2.05, 4.69) is 4.74 Å². The lowest BCUT2D eigenvalue weighted by molar-refractivity contribution is -0.140. The maximum absolute atomic E-state index is 12.5. The monoisotopic (exact) mass is 323 g/mol. The number of methoxy groups -OCH3 is 1. The van der Waals surface area contributed by atoms with Crippen LogP contribution in [0.4, 0.5) is 4.79 Å². The summed E-state index contributed by atoms with van der Waals surface area (Å²) in [7, 11) is 1.21. The first-order valence-corrected chi connectivity index (χ1v) is 7.26. The lowest BCUT2D eigenvalue weighted by atomic mass is 9.81. The van der Waals surface area contributed by atoms with Crippen molar-refractivity contribution in [2.24, 2.45) is 5.92 Å². The molecule has 1 N–H and O–H groups in total. The highest BCUT2D eigenvalue weighted by Gasteiger charge is 2.60. The molecule has 0 spiro atoms. The Labute approximate surface area is 134 Å². The van der Waals surface area contributed by atoms with E-state index in [0.29, 0.717) is 5.57 Å². The molecule has 0 aliphatic carbocycles. The predicted octanol–water partition coefficient (Wildman–Crippen LogP) is 1.73. The molecule has 0 aromatic heterocycles. The van der Waals surface area contributed by atoms with Crippen LogP contribution in [0, 0.1) is 5.92 Å². The highest BCUT2D eigenvalue weighted by molar-refractivity contribution is 5.89. The first-order chi connectivity index (χ1) is 10.5. The van der Waals surface area contributed by atoms with Crippen molar-refractivity contribution in [3.8, 4) is 0 Å². The largest absolute Gasteiger partial charge is 0.481 e. The molecule has 0 aromatic rings. The van der Waals surface area contributed by atoms with Gasteiger partial charge in [0.15, 0.2) is 0 Å². The smallest absolute Gasteiger partial charge is 0.411 e. The maximum atomic E-state index is 12.5. The number of amides is 1. The SMILES string of the molecule is COC(=O)C=C1C(C(=O)O)C2C=CC1(C)N2C(=O)OC(C)(C)C. The number of carbonyl (C=O) groups excluding carboxylic acids is 2. The summed E-state index contributed by atoms with van der Waals surface area (Å²) in [6, 6.07) is -0.691. The van der Waals surface area contributed by atoms with Crippen molar-refractivity contribution >= 4 is 18.0 Å². The second-order valence-corrected chi connectivity index (χ2v) is 6.79. The number of carboxylic acids is 1. The van der Waals surface area contributed by atoms with Crippen LogP contribution in [0.2, 0.25) is 0 Å². The molecule has 2 heterocycles. The van der Waals surface area contributed by atoms with Crippen LogP contribution in [0.5, 0.6) is 0 Å². The third-order valence-corrected chi connectivity index (χ3v) is 4.01. The summed E-state index contributed by atoms with van der Waals surface area (Å²) in [5, 5.41) is 9.53. The minimum Gasteiger partial charge on any atom is -0.481 e. The third kappa shape index (κ3) is 2.83. The molecule has 7 heteroatoms. The van der Waals surface area contributed by atoms with Gasteiger partial charge < -0.3 is 14.6 Å². The van der Waals surface area contributed by atoms with Crippen LogP contribution >= 0.6 is 0 Å². The first-order valence-electron chi connectivity index (χ1n) is 7.26. The number of hydrogen-bond acceptors (Lipinski definition) is 5. The Bertz CT molecular complexity index is 615. The van der Waals surface area contributed by atoms with E-state index in [1.807, 2.05) is 0 Å². The average Bonchev–Trinajstić information content (AvgIpc) is 2.85. The molecule has 0 saturated carbocycles. The number of hydrogen-bond donors (Lipinski definition) is 1. The van der Waals surface area contributed by atoms with E-state index in [-0.39, 0.29) is 0 Å². The number of carbonyl (C=O) groups is 3. The van der Waals surface area contributed by atoms with E-state index in [1.54, 1.807) is 39.8 Å². The molecule has 1 fully saturated rings. The van der Waals surface area contributed by atoms with Gasteiger partial charge >= 0.3 is 18.0 Å². The van der Waals surface area contributed by atoms with Crippen LogP contribution in [0.15, 0.2) is 23.8 Å². The minimum absolute atomic E-state index is 0.315. The number of nitrogens with zero attached hydrogens (tertiary/aromatic N) is 1. The molecule has 2 aliphatic rings. The van der Waals surface area contributed by atoms with Gasteiger partial charge in [-0.3, -0.25) is 9.69 Å². The van der Waals surface area contributed by atoms with Crippen LogP contribution in [-0.4, -0.2) is 52.3 Å². The quantitative estimate of drug-likeness (QED) is 0.472. The fourth-order valence-corrected chi connectivity index (χ4v) is 3.08. The Morgan fingerprint density at radius 3 is 2.43 bits per heavy atom. The van der Waals surface area contributed by atoms with Gasteiger partial charge in [0, 0.05) is 6.08 Å². The van der Waals surface area contributed by atoms with E-state index in [0.717, 1.165) is 6.08 Å². The zero-order valence-corrected chi connectivity index (χ0v) is 13.8. The van der Waals surface area contributed by atoms with Gasteiger partial charge in [0.05, 0.1) is 18.7 Å². The number of fused-ring (bicyclic) bond motifs is 2. The summed E-state index contributed by atoms with van der Waals surface area (Å²) in [6.45, 7) is 6.89. The second kappa shape index (κ2) is 5.40. The molecule has 1 saturated heterocycles. The fourth-order valence-electron chi connectivity index (χ4n) is 3.08. The summed E-state index contributed by atoms with van der Waals surface area (Å²) < 4.78 is 9.99. The minimum atomic E-state index is -1.10. The van der Waals surface area contributed by atoms with Crippen LogP contribution in [0.25, 0.3) is 0 Å². The summed E-state index contributed by atoms with van der Waals surface area (Å²) in [5.74, 6) is -2.76. The molecule has 126 valence electrons. The predicted molar refractivity (Wildman–Crippen MR) is 80.6 cm³/mol. The van der Waals surface area contributed by atoms with Gasteiger partial charge in [0.2, 0.25) is 0 Å². The summed E-state index contributed by atoms with van der Waals surface area (Å²) in [6.07, 6.45) is 3.92. The molecule has 0 radical (unpaired) electrons. The highest BCUT2D eigenvalue weighted by Crippen LogP contribution is 2.49. The lowest BCUT2D eigenvalue weighted by Gasteiger charge is -2.33. The Kier molecular flexibility index (Phi) is 4.00. The van der Waals surface area contributed by atoms with Gasteiger partial charge in [-0.2, -0.15) is 0 Å². The number of ether oxygens (including phenoxy) is 2. The van der Waals surface area contributed by atoms with Gasteiger partial charge in [0.1, 0.15) is 11.5 Å². The topological polar surface area (TPSA) is 93.1 Å². The Balaban J connectivity index is 2.46. The number of carboxylic acid groups (broad SMARTS) is 1. The molecule has 7 nitrogen and oxygen atoms in total. The van der Waals surface area contributed by atoms with Crippen LogP contribution in [0.1, 0.15) is 27.7 Å². The third-order valence-electron chi connectivity index (χ3n) is 4.01. The molecular formula is C16H21NO6. The Hall–Kier alpha value is -2.31. The molecule has 2 bridgehead atoms. The van der Waals surface area contributed by atoms with E-state index in [1.165, 1.54) is 12.0 Å². The van der Waals surface area contributed by atoms with Gasteiger partial charge in [0.25, 0.3) is 0 Å². The molecule has 1 amide bonds. The van der Waals surface area contributed by atoms with Gasteiger partial charge in [-0.05, 0) is 33.3 Å². The van der Waals surface area contributed by atoms with E-state index in [4.69, 9.17) is 4.74 Å². The standard InChI is InChI=1S/C16H21NO6/c1-15(2,3)23-14(21)17-10-6-7-16(17,4)9(8-11(18)22-5)12(10)13(19)20/h6-8,10,12H,1-5H3,(H,19,20).